The summed E-state index contributed by atoms with van der Waals surface area (Å²) in [4.78, 5) is 0. The molecule has 0 saturated heterocycles. The zero-order valence-corrected chi connectivity index (χ0v) is 10.2. The number of aromatic nitrogens is 3. The Bertz CT molecular complexity index is 530. The Balaban J connectivity index is 2.15. The van der Waals surface area contributed by atoms with Crippen molar-refractivity contribution >= 4 is 0 Å². The van der Waals surface area contributed by atoms with Crippen molar-refractivity contribution in [1.29, 1.82) is 5.26 Å². The topological polar surface area (TPSA) is 46.5 Å². The quantitative estimate of drug-likeness (QED) is 0.807. The SMILES string of the molecule is CCC(C)n1ccc(Cn2cccc2C#N)n1. The fourth-order valence-electron chi connectivity index (χ4n) is 1.72. The Morgan fingerprint density at radius 1 is 1.41 bits per heavy atom. The maximum Gasteiger partial charge on any atom is 0.120 e. The van der Waals surface area contributed by atoms with Gasteiger partial charge < -0.3 is 4.57 Å². The monoisotopic (exact) mass is 228 g/mol. The summed E-state index contributed by atoms with van der Waals surface area (Å²) in [5, 5.41) is 13.4. The van der Waals surface area contributed by atoms with Crippen molar-refractivity contribution in [1.82, 2.24) is 14.3 Å². The zero-order valence-electron chi connectivity index (χ0n) is 10.2. The molecule has 0 spiro atoms. The molecule has 4 heteroatoms. The number of nitriles is 1. The third-order valence-electron chi connectivity index (χ3n) is 2.98. The van der Waals surface area contributed by atoms with Gasteiger partial charge in [-0.25, -0.2) is 0 Å². The van der Waals surface area contributed by atoms with Crippen molar-refractivity contribution in [2.24, 2.45) is 0 Å². The Morgan fingerprint density at radius 3 is 2.94 bits per heavy atom. The minimum atomic E-state index is 0.420. The fraction of sp³-hybridized carbons (Fsp3) is 0.385. The molecule has 88 valence electrons. The molecule has 0 saturated carbocycles. The predicted octanol–water partition coefficient (Wildman–Crippen LogP) is 2.58. The van der Waals surface area contributed by atoms with Crippen LogP contribution >= 0.6 is 0 Å². The molecular weight excluding hydrogens is 212 g/mol. The fourth-order valence-corrected chi connectivity index (χ4v) is 1.72. The van der Waals surface area contributed by atoms with Crippen molar-refractivity contribution in [3.63, 3.8) is 0 Å². The highest BCUT2D eigenvalue weighted by Gasteiger charge is 2.06. The third kappa shape index (κ3) is 2.39. The molecule has 0 N–H and O–H groups in total. The van der Waals surface area contributed by atoms with Gasteiger partial charge in [-0.3, -0.25) is 4.68 Å². The summed E-state index contributed by atoms with van der Waals surface area (Å²) >= 11 is 0. The van der Waals surface area contributed by atoms with Crippen LogP contribution in [-0.2, 0) is 6.54 Å². The number of nitrogens with zero attached hydrogens (tertiary/aromatic N) is 4. The van der Waals surface area contributed by atoms with E-state index in [1.165, 1.54) is 0 Å². The molecule has 1 atom stereocenters. The second kappa shape index (κ2) is 4.88. The molecule has 17 heavy (non-hydrogen) atoms. The minimum Gasteiger partial charge on any atom is -0.333 e. The lowest BCUT2D eigenvalue weighted by molar-refractivity contribution is 0.472. The molecule has 0 radical (unpaired) electrons. The van der Waals surface area contributed by atoms with E-state index in [2.05, 4.69) is 25.0 Å². The van der Waals surface area contributed by atoms with Crippen LogP contribution in [0.1, 0.15) is 37.7 Å². The van der Waals surface area contributed by atoms with Crippen LogP contribution in [0.3, 0.4) is 0 Å². The van der Waals surface area contributed by atoms with Crippen molar-refractivity contribution in [3.8, 4) is 6.07 Å². The molecule has 2 heterocycles. The highest BCUT2D eigenvalue weighted by atomic mass is 15.3. The van der Waals surface area contributed by atoms with E-state index in [4.69, 9.17) is 5.26 Å². The Labute approximate surface area is 101 Å². The largest absolute Gasteiger partial charge is 0.333 e. The minimum absolute atomic E-state index is 0.420. The van der Waals surface area contributed by atoms with Crippen LogP contribution < -0.4 is 0 Å². The Morgan fingerprint density at radius 2 is 2.24 bits per heavy atom. The summed E-state index contributed by atoms with van der Waals surface area (Å²) in [7, 11) is 0. The molecule has 0 aromatic carbocycles. The van der Waals surface area contributed by atoms with E-state index in [9.17, 15) is 0 Å². The first kappa shape index (κ1) is 11.5. The van der Waals surface area contributed by atoms with Gasteiger partial charge >= 0.3 is 0 Å². The molecule has 0 fully saturated rings. The first-order valence-corrected chi connectivity index (χ1v) is 5.84. The molecule has 2 rings (SSSR count). The van der Waals surface area contributed by atoms with Gasteiger partial charge in [-0.2, -0.15) is 10.4 Å². The lowest BCUT2D eigenvalue weighted by atomic mass is 10.3. The molecule has 2 aromatic heterocycles. The maximum absolute atomic E-state index is 8.92. The number of hydrogen-bond donors (Lipinski definition) is 0. The summed E-state index contributed by atoms with van der Waals surface area (Å²) < 4.78 is 3.88. The van der Waals surface area contributed by atoms with Gasteiger partial charge in [0.2, 0.25) is 0 Å². The van der Waals surface area contributed by atoms with Crippen molar-refractivity contribution in [2.75, 3.05) is 0 Å². The molecule has 0 aliphatic rings. The van der Waals surface area contributed by atoms with Gasteiger partial charge in [0.1, 0.15) is 11.8 Å². The predicted molar refractivity (Wildman–Crippen MR) is 65.5 cm³/mol. The average Bonchev–Trinajstić information content (AvgIpc) is 2.97. The summed E-state index contributed by atoms with van der Waals surface area (Å²) in [5.41, 5.74) is 1.65. The van der Waals surface area contributed by atoms with Crippen LogP contribution in [0.5, 0.6) is 0 Å². The van der Waals surface area contributed by atoms with Crippen LogP contribution in [0, 0.1) is 11.3 Å². The van der Waals surface area contributed by atoms with Crippen molar-refractivity contribution in [2.45, 2.75) is 32.9 Å². The highest BCUT2D eigenvalue weighted by Crippen LogP contribution is 2.11. The van der Waals surface area contributed by atoms with Gasteiger partial charge in [-0.05, 0) is 31.5 Å². The summed E-state index contributed by atoms with van der Waals surface area (Å²) in [5.74, 6) is 0. The second-order valence-corrected chi connectivity index (χ2v) is 4.18. The van der Waals surface area contributed by atoms with Gasteiger partial charge in [-0.1, -0.05) is 6.92 Å². The molecular formula is C13H16N4. The molecule has 0 bridgehead atoms. The molecule has 0 amide bonds. The van der Waals surface area contributed by atoms with Crippen molar-refractivity contribution in [3.05, 3.63) is 42.0 Å². The van der Waals surface area contributed by atoms with E-state index < -0.39 is 0 Å². The van der Waals surface area contributed by atoms with E-state index in [1.54, 1.807) is 0 Å². The molecule has 1 unspecified atom stereocenters. The van der Waals surface area contributed by atoms with Gasteiger partial charge in [0.15, 0.2) is 0 Å². The lowest BCUT2D eigenvalue weighted by Crippen LogP contribution is -2.06. The molecule has 4 nitrogen and oxygen atoms in total. The lowest BCUT2D eigenvalue weighted by Gasteiger charge is -2.08. The van der Waals surface area contributed by atoms with Gasteiger partial charge in [0, 0.05) is 18.4 Å². The van der Waals surface area contributed by atoms with Crippen LogP contribution in [0.2, 0.25) is 0 Å². The number of hydrogen-bond acceptors (Lipinski definition) is 2. The smallest absolute Gasteiger partial charge is 0.120 e. The summed E-state index contributed by atoms with van der Waals surface area (Å²) in [6.07, 6.45) is 4.97. The number of rotatable bonds is 4. The van der Waals surface area contributed by atoms with E-state index in [0.717, 1.165) is 12.1 Å². The van der Waals surface area contributed by atoms with E-state index in [-0.39, 0.29) is 0 Å². The molecule has 0 aliphatic heterocycles. The van der Waals surface area contributed by atoms with E-state index >= 15 is 0 Å². The Hall–Kier alpha value is -2.02. The molecule has 0 aliphatic carbocycles. The van der Waals surface area contributed by atoms with Crippen molar-refractivity contribution < 1.29 is 0 Å². The van der Waals surface area contributed by atoms with E-state index in [0.29, 0.717) is 18.3 Å². The zero-order chi connectivity index (χ0) is 12.3. The second-order valence-electron chi connectivity index (χ2n) is 4.18. The van der Waals surface area contributed by atoms with Crippen LogP contribution in [-0.4, -0.2) is 14.3 Å². The first-order chi connectivity index (χ1) is 8.24. The Kier molecular flexibility index (Phi) is 3.29. The molecule has 2 aromatic rings. The maximum atomic E-state index is 8.92. The normalized spacial score (nSPS) is 12.3. The van der Waals surface area contributed by atoms with Gasteiger partial charge in [0.25, 0.3) is 0 Å². The van der Waals surface area contributed by atoms with Crippen LogP contribution in [0.25, 0.3) is 0 Å². The van der Waals surface area contributed by atoms with Crippen LogP contribution in [0.15, 0.2) is 30.6 Å². The first-order valence-electron chi connectivity index (χ1n) is 5.84. The summed E-state index contributed by atoms with van der Waals surface area (Å²) in [6.45, 7) is 4.94. The average molecular weight is 228 g/mol. The van der Waals surface area contributed by atoms with E-state index in [1.807, 2.05) is 39.8 Å². The van der Waals surface area contributed by atoms with Gasteiger partial charge in [0.05, 0.1) is 12.2 Å². The highest BCUT2D eigenvalue weighted by molar-refractivity contribution is 5.23. The summed E-state index contributed by atoms with van der Waals surface area (Å²) in [6, 6.07) is 8.28. The standard InChI is InChI=1S/C13H16N4/c1-3-11(2)17-8-6-12(15-17)10-16-7-4-5-13(16)9-14/h4-8,11H,3,10H2,1-2H3. The van der Waals surface area contributed by atoms with Crippen LogP contribution in [0.4, 0.5) is 0 Å². The van der Waals surface area contributed by atoms with Gasteiger partial charge in [-0.15, -0.1) is 0 Å². The third-order valence-corrected chi connectivity index (χ3v) is 2.98.